The highest BCUT2D eigenvalue weighted by Gasteiger charge is 2.09. The van der Waals surface area contributed by atoms with Crippen LogP contribution in [-0.4, -0.2) is 31.2 Å². The first-order chi connectivity index (χ1) is 8.13. The van der Waals surface area contributed by atoms with Gasteiger partial charge in [0.15, 0.2) is 0 Å². The van der Waals surface area contributed by atoms with Gasteiger partial charge in [0.25, 0.3) is 0 Å². The summed E-state index contributed by atoms with van der Waals surface area (Å²) < 4.78 is 0. The van der Waals surface area contributed by atoms with Gasteiger partial charge in [-0.05, 0) is 24.7 Å². The van der Waals surface area contributed by atoms with Gasteiger partial charge in [-0.1, -0.05) is 23.7 Å². The highest BCUT2D eigenvalue weighted by molar-refractivity contribution is 6.30. The van der Waals surface area contributed by atoms with Crippen molar-refractivity contribution in [2.24, 2.45) is 0 Å². The summed E-state index contributed by atoms with van der Waals surface area (Å²) in [6.07, 6.45) is -0.328. The first kappa shape index (κ1) is 14.0. The number of carbonyl (C=O) groups is 1. The summed E-state index contributed by atoms with van der Waals surface area (Å²) in [5.74, 6) is -0.0829. The number of hydrogen-bond donors (Lipinski definition) is 3. The molecule has 1 unspecified atom stereocenters. The lowest BCUT2D eigenvalue weighted by Crippen LogP contribution is -2.30. The Morgan fingerprint density at radius 3 is 2.94 bits per heavy atom. The van der Waals surface area contributed by atoms with Gasteiger partial charge in [-0.25, -0.2) is 0 Å². The van der Waals surface area contributed by atoms with Crippen molar-refractivity contribution >= 4 is 17.5 Å². The molecule has 5 heteroatoms. The standard InChI is InChI=1S/C12H17ClN2O2/c1-14-6-5-12(17)15-8-11(16)9-3-2-4-10(13)7-9/h2-4,7,11,14,16H,5-6,8H2,1H3,(H,15,17). The second-order valence-electron chi connectivity index (χ2n) is 3.73. The van der Waals surface area contributed by atoms with Gasteiger partial charge in [0.05, 0.1) is 6.10 Å². The molecule has 94 valence electrons. The van der Waals surface area contributed by atoms with Crippen LogP contribution in [0.15, 0.2) is 24.3 Å². The molecule has 1 atom stereocenters. The largest absolute Gasteiger partial charge is 0.387 e. The number of halogens is 1. The van der Waals surface area contributed by atoms with Crippen LogP contribution >= 0.6 is 11.6 Å². The van der Waals surface area contributed by atoms with E-state index in [1.165, 1.54) is 0 Å². The van der Waals surface area contributed by atoms with Gasteiger partial charge in [0.2, 0.25) is 5.91 Å². The fourth-order valence-electron chi connectivity index (χ4n) is 1.37. The highest BCUT2D eigenvalue weighted by atomic mass is 35.5. The van der Waals surface area contributed by atoms with E-state index in [4.69, 9.17) is 11.6 Å². The summed E-state index contributed by atoms with van der Waals surface area (Å²) in [5.41, 5.74) is 0.700. The Morgan fingerprint density at radius 2 is 2.29 bits per heavy atom. The van der Waals surface area contributed by atoms with Gasteiger partial charge in [0.1, 0.15) is 0 Å². The van der Waals surface area contributed by atoms with Crippen molar-refractivity contribution in [1.29, 1.82) is 0 Å². The zero-order valence-electron chi connectivity index (χ0n) is 9.74. The van der Waals surface area contributed by atoms with Crippen LogP contribution in [0, 0.1) is 0 Å². The minimum atomic E-state index is -0.729. The van der Waals surface area contributed by atoms with Crippen LogP contribution in [0.25, 0.3) is 0 Å². The maximum absolute atomic E-state index is 11.3. The molecule has 4 nitrogen and oxygen atoms in total. The Bertz CT molecular complexity index is 371. The third-order valence-corrected chi connectivity index (χ3v) is 2.56. The van der Waals surface area contributed by atoms with E-state index in [1.54, 1.807) is 31.3 Å². The van der Waals surface area contributed by atoms with Crippen molar-refractivity contribution in [2.45, 2.75) is 12.5 Å². The monoisotopic (exact) mass is 256 g/mol. The van der Waals surface area contributed by atoms with Crippen molar-refractivity contribution in [2.75, 3.05) is 20.1 Å². The summed E-state index contributed by atoms with van der Waals surface area (Å²) in [6, 6.07) is 6.97. The lowest BCUT2D eigenvalue weighted by atomic mass is 10.1. The number of hydrogen-bond acceptors (Lipinski definition) is 3. The van der Waals surface area contributed by atoms with E-state index in [9.17, 15) is 9.90 Å². The molecular formula is C12H17ClN2O2. The number of aliphatic hydroxyl groups excluding tert-OH is 1. The topological polar surface area (TPSA) is 61.4 Å². The van der Waals surface area contributed by atoms with Crippen LogP contribution in [0.2, 0.25) is 5.02 Å². The number of amides is 1. The molecule has 0 aliphatic heterocycles. The Hall–Kier alpha value is -1.10. The number of aliphatic hydroxyl groups is 1. The van der Waals surface area contributed by atoms with Crippen LogP contribution in [0.3, 0.4) is 0 Å². The zero-order chi connectivity index (χ0) is 12.7. The molecule has 1 rings (SSSR count). The minimum absolute atomic E-state index is 0.0829. The van der Waals surface area contributed by atoms with Crippen molar-refractivity contribution in [3.63, 3.8) is 0 Å². The summed E-state index contributed by atoms with van der Waals surface area (Å²) in [7, 11) is 1.79. The number of nitrogens with one attached hydrogen (secondary N) is 2. The molecule has 1 aromatic carbocycles. The molecule has 3 N–H and O–H groups in total. The van der Waals surface area contributed by atoms with E-state index in [1.807, 2.05) is 0 Å². The van der Waals surface area contributed by atoms with Crippen LogP contribution in [0.5, 0.6) is 0 Å². The Morgan fingerprint density at radius 1 is 1.53 bits per heavy atom. The number of carbonyl (C=O) groups excluding carboxylic acids is 1. The average molecular weight is 257 g/mol. The molecule has 17 heavy (non-hydrogen) atoms. The average Bonchev–Trinajstić information content (AvgIpc) is 2.33. The van der Waals surface area contributed by atoms with Crippen molar-refractivity contribution < 1.29 is 9.90 Å². The quantitative estimate of drug-likeness (QED) is 0.714. The van der Waals surface area contributed by atoms with Crippen LogP contribution < -0.4 is 10.6 Å². The van der Waals surface area contributed by atoms with Crippen molar-refractivity contribution in [3.05, 3.63) is 34.9 Å². The van der Waals surface area contributed by atoms with Gasteiger partial charge in [0, 0.05) is 24.5 Å². The SMILES string of the molecule is CNCCC(=O)NCC(O)c1cccc(Cl)c1. The minimum Gasteiger partial charge on any atom is -0.387 e. The van der Waals surface area contributed by atoms with E-state index in [0.717, 1.165) is 0 Å². The highest BCUT2D eigenvalue weighted by Crippen LogP contribution is 2.16. The van der Waals surface area contributed by atoms with Gasteiger partial charge >= 0.3 is 0 Å². The third kappa shape index (κ3) is 5.17. The molecule has 1 amide bonds. The predicted octanol–water partition coefficient (Wildman–Crippen LogP) is 1.10. The van der Waals surface area contributed by atoms with Crippen LogP contribution in [0.1, 0.15) is 18.1 Å². The molecule has 0 spiro atoms. The van der Waals surface area contributed by atoms with E-state index in [0.29, 0.717) is 23.6 Å². The Labute approximate surface area is 106 Å². The molecule has 1 aromatic rings. The van der Waals surface area contributed by atoms with Crippen molar-refractivity contribution in [1.82, 2.24) is 10.6 Å². The molecule has 0 aromatic heterocycles. The third-order valence-electron chi connectivity index (χ3n) is 2.33. The van der Waals surface area contributed by atoms with E-state index < -0.39 is 6.10 Å². The molecule has 0 bridgehead atoms. The molecule has 0 fully saturated rings. The zero-order valence-corrected chi connectivity index (χ0v) is 10.5. The van der Waals surface area contributed by atoms with Crippen LogP contribution in [-0.2, 0) is 4.79 Å². The predicted molar refractivity (Wildman–Crippen MR) is 68.0 cm³/mol. The van der Waals surface area contributed by atoms with Crippen molar-refractivity contribution in [3.8, 4) is 0 Å². The van der Waals surface area contributed by atoms with E-state index in [2.05, 4.69) is 10.6 Å². The smallest absolute Gasteiger partial charge is 0.221 e. The lowest BCUT2D eigenvalue weighted by molar-refractivity contribution is -0.121. The number of rotatable bonds is 6. The van der Waals surface area contributed by atoms with Gasteiger partial charge in [-0.2, -0.15) is 0 Å². The molecule has 0 aliphatic rings. The second-order valence-corrected chi connectivity index (χ2v) is 4.16. The summed E-state index contributed by atoms with van der Waals surface area (Å²) in [6.45, 7) is 0.821. The van der Waals surface area contributed by atoms with Crippen LogP contribution in [0.4, 0.5) is 0 Å². The molecule has 0 radical (unpaired) electrons. The van der Waals surface area contributed by atoms with E-state index in [-0.39, 0.29) is 12.5 Å². The number of benzene rings is 1. The Kier molecular flexibility index (Phi) is 5.97. The second kappa shape index (κ2) is 7.27. The molecular weight excluding hydrogens is 240 g/mol. The molecule has 0 aliphatic carbocycles. The molecule has 0 heterocycles. The summed E-state index contributed by atoms with van der Waals surface area (Å²) >= 11 is 5.81. The fraction of sp³-hybridized carbons (Fsp3) is 0.417. The molecule has 0 saturated heterocycles. The maximum atomic E-state index is 11.3. The first-order valence-corrected chi connectivity index (χ1v) is 5.86. The Balaban J connectivity index is 2.39. The summed E-state index contributed by atoms with van der Waals surface area (Å²) in [4.78, 5) is 11.3. The van der Waals surface area contributed by atoms with E-state index >= 15 is 0 Å². The van der Waals surface area contributed by atoms with Gasteiger partial charge in [-0.3, -0.25) is 4.79 Å². The lowest BCUT2D eigenvalue weighted by Gasteiger charge is -2.12. The maximum Gasteiger partial charge on any atom is 0.221 e. The normalized spacial score (nSPS) is 12.2. The molecule has 0 saturated carbocycles. The first-order valence-electron chi connectivity index (χ1n) is 5.48. The van der Waals surface area contributed by atoms with Gasteiger partial charge in [-0.15, -0.1) is 0 Å². The van der Waals surface area contributed by atoms with Gasteiger partial charge < -0.3 is 15.7 Å². The fourth-order valence-corrected chi connectivity index (χ4v) is 1.57. The summed E-state index contributed by atoms with van der Waals surface area (Å²) in [5, 5.41) is 16.0.